The van der Waals surface area contributed by atoms with Crippen LogP contribution in [0.5, 0.6) is 5.75 Å². The molecular formula is C31H35N3O6. The zero-order valence-corrected chi connectivity index (χ0v) is 23.1. The Hall–Kier alpha value is -4.37. The SMILES string of the molecule is Cc1cc(C(=O)N(CCCO)CC(C)C)ccc1-c1cccc(COc2ccc(Cn3oc(=O)[nH]c3=O)cc2)c1. The van der Waals surface area contributed by atoms with E-state index in [0.717, 1.165) is 32.6 Å². The van der Waals surface area contributed by atoms with Crippen molar-refractivity contribution in [2.45, 2.75) is 40.3 Å². The van der Waals surface area contributed by atoms with Gasteiger partial charge in [0, 0.05) is 25.3 Å². The number of carbonyl (C=O) groups is 1. The molecule has 0 aliphatic rings. The average molecular weight is 546 g/mol. The molecule has 0 atom stereocenters. The molecule has 0 aliphatic heterocycles. The van der Waals surface area contributed by atoms with Gasteiger partial charge >= 0.3 is 11.4 Å². The summed E-state index contributed by atoms with van der Waals surface area (Å²) >= 11 is 0. The maximum Gasteiger partial charge on any atom is 0.440 e. The molecule has 1 aromatic heterocycles. The molecule has 9 nitrogen and oxygen atoms in total. The lowest BCUT2D eigenvalue weighted by molar-refractivity contribution is 0.0724. The number of hydrogen-bond donors (Lipinski definition) is 2. The first-order chi connectivity index (χ1) is 19.2. The van der Waals surface area contributed by atoms with Gasteiger partial charge in [0.25, 0.3) is 5.91 Å². The topological polar surface area (TPSA) is 118 Å². The van der Waals surface area contributed by atoms with Crippen LogP contribution in [0.2, 0.25) is 0 Å². The van der Waals surface area contributed by atoms with Crippen LogP contribution in [0, 0.1) is 12.8 Å². The summed E-state index contributed by atoms with van der Waals surface area (Å²) < 4.78 is 11.7. The van der Waals surface area contributed by atoms with E-state index in [1.54, 1.807) is 12.1 Å². The van der Waals surface area contributed by atoms with Crippen molar-refractivity contribution in [1.82, 2.24) is 14.6 Å². The third-order valence-electron chi connectivity index (χ3n) is 6.45. The molecule has 0 radical (unpaired) electrons. The zero-order valence-electron chi connectivity index (χ0n) is 23.1. The molecular weight excluding hydrogens is 510 g/mol. The number of hydrogen-bond acceptors (Lipinski definition) is 6. The van der Waals surface area contributed by atoms with Gasteiger partial charge in [-0.25, -0.2) is 14.6 Å². The minimum atomic E-state index is -0.783. The van der Waals surface area contributed by atoms with E-state index in [1.807, 2.05) is 60.4 Å². The number of nitrogens with zero attached hydrogens (tertiary/aromatic N) is 2. The highest BCUT2D eigenvalue weighted by molar-refractivity contribution is 5.95. The van der Waals surface area contributed by atoms with Gasteiger partial charge in [-0.15, -0.1) is 4.74 Å². The lowest BCUT2D eigenvalue weighted by Crippen LogP contribution is -2.35. The zero-order chi connectivity index (χ0) is 28.6. The molecule has 4 rings (SSSR count). The number of aliphatic hydroxyl groups is 1. The normalized spacial score (nSPS) is 11.1. The molecule has 0 unspecified atom stereocenters. The smallest absolute Gasteiger partial charge is 0.440 e. The number of rotatable bonds is 12. The Morgan fingerprint density at radius 3 is 2.48 bits per heavy atom. The molecule has 3 aromatic carbocycles. The van der Waals surface area contributed by atoms with E-state index >= 15 is 0 Å². The van der Waals surface area contributed by atoms with Gasteiger partial charge in [-0.1, -0.05) is 50.2 Å². The summed E-state index contributed by atoms with van der Waals surface area (Å²) in [6.45, 7) is 7.91. The van der Waals surface area contributed by atoms with Crippen molar-refractivity contribution in [2.75, 3.05) is 19.7 Å². The molecule has 1 heterocycles. The Kier molecular flexibility index (Phi) is 9.39. The van der Waals surface area contributed by atoms with E-state index in [9.17, 15) is 19.5 Å². The molecule has 40 heavy (non-hydrogen) atoms. The van der Waals surface area contributed by atoms with E-state index in [2.05, 4.69) is 24.9 Å². The minimum absolute atomic E-state index is 0.0188. The van der Waals surface area contributed by atoms with E-state index in [-0.39, 0.29) is 19.1 Å². The van der Waals surface area contributed by atoms with Gasteiger partial charge in [-0.05, 0) is 77.4 Å². The third kappa shape index (κ3) is 7.39. The quantitative estimate of drug-likeness (QED) is 0.275. The number of aromatic amines is 1. The van der Waals surface area contributed by atoms with Crippen molar-refractivity contribution in [3.8, 4) is 16.9 Å². The fraction of sp³-hybridized carbons (Fsp3) is 0.323. The molecule has 2 N–H and O–H groups in total. The van der Waals surface area contributed by atoms with E-state index in [4.69, 9.17) is 9.26 Å². The fourth-order valence-corrected chi connectivity index (χ4v) is 4.55. The monoisotopic (exact) mass is 545 g/mol. The highest BCUT2D eigenvalue weighted by Crippen LogP contribution is 2.26. The van der Waals surface area contributed by atoms with Gasteiger partial charge in [0.2, 0.25) is 0 Å². The van der Waals surface area contributed by atoms with Gasteiger partial charge < -0.3 is 19.3 Å². The molecule has 4 aromatic rings. The van der Waals surface area contributed by atoms with Gasteiger partial charge in [-0.3, -0.25) is 4.79 Å². The molecule has 1 amide bonds. The Bertz CT molecular complexity index is 1550. The predicted octanol–water partition coefficient (Wildman–Crippen LogP) is 4.21. The van der Waals surface area contributed by atoms with Crippen LogP contribution in [0.4, 0.5) is 0 Å². The Morgan fingerprint density at radius 1 is 1.05 bits per heavy atom. The molecule has 210 valence electrons. The van der Waals surface area contributed by atoms with Gasteiger partial charge in [0.15, 0.2) is 0 Å². The van der Waals surface area contributed by atoms with Gasteiger partial charge in [0.1, 0.15) is 12.4 Å². The lowest BCUT2D eigenvalue weighted by Gasteiger charge is -2.25. The number of amides is 1. The number of ether oxygens (including phenoxy) is 1. The van der Waals surface area contributed by atoms with E-state index in [1.165, 1.54) is 0 Å². The second-order valence-electron chi connectivity index (χ2n) is 10.2. The van der Waals surface area contributed by atoms with Crippen LogP contribution in [0.25, 0.3) is 11.1 Å². The number of aromatic nitrogens is 2. The average Bonchev–Trinajstić information content (AvgIpc) is 3.26. The number of nitrogens with one attached hydrogen (secondary N) is 1. The summed E-state index contributed by atoms with van der Waals surface area (Å²) in [4.78, 5) is 39.8. The van der Waals surface area contributed by atoms with Crippen molar-refractivity contribution in [3.63, 3.8) is 0 Å². The number of H-pyrrole nitrogens is 1. The summed E-state index contributed by atoms with van der Waals surface area (Å²) in [6.07, 6.45) is 0.559. The predicted molar refractivity (Wildman–Crippen MR) is 153 cm³/mol. The van der Waals surface area contributed by atoms with Crippen LogP contribution in [0.15, 0.2) is 80.8 Å². The molecule has 0 saturated carbocycles. The van der Waals surface area contributed by atoms with Crippen LogP contribution in [0.1, 0.15) is 47.3 Å². The van der Waals surface area contributed by atoms with E-state index in [0.29, 0.717) is 43.3 Å². The largest absolute Gasteiger partial charge is 0.489 e. The number of aliphatic hydroxyl groups excluding tert-OH is 1. The van der Waals surface area contributed by atoms with Gasteiger partial charge in [-0.2, -0.15) is 0 Å². The van der Waals surface area contributed by atoms with Crippen molar-refractivity contribution in [2.24, 2.45) is 5.92 Å². The second kappa shape index (κ2) is 13.1. The van der Waals surface area contributed by atoms with Crippen molar-refractivity contribution < 1.29 is 19.2 Å². The van der Waals surface area contributed by atoms with Crippen LogP contribution in [-0.4, -0.2) is 45.3 Å². The lowest BCUT2D eigenvalue weighted by atomic mass is 9.96. The third-order valence-corrected chi connectivity index (χ3v) is 6.45. The summed E-state index contributed by atoms with van der Waals surface area (Å²) in [5.74, 6) is 0.206. The molecule has 0 saturated heterocycles. The number of aryl methyl sites for hydroxylation is 1. The van der Waals surface area contributed by atoms with Crippen molar-refractivity contribution in [1.29, 1.82) is 0 Å². The van der Waals surface area contributed by atoms with Crippen molar-refractivity contribution >= 4 is 5.91 Å². The highest BCUT2D eigenvalue weighted by Gasteiger charge is 2.18. The highest BCUT2D eigenvalue weighted by atomic mass is 16.5. The van der Waals surface area contributed by atoms with Crippen LogP contribution >= 0.6 is 0 Å². The molecule has 9 heteroatoms. The Morgan fingerprint density at radius 2 is 1.82 bits per heavy atom. The standard InChI is InChI=1S/C31H35N3O6/c1-21(2)18-33(14-5-15-35)29(36)26-10-13-28(22(3)16-26)25-7-4-6-24(17-25)20-39-27-11-8-23(9-12-27)19-34-30(37)32-31(38)40-34/h4,6-13,16-17,21,35H,5,14-15,18-20H2,1-3H3,(H,32,37,38). The maximum atomic E-state index is 13.2. The Labute approximate surface area is 232 Å². The number of carbonyl (C=O) groups excluding carboxylic acids is 1. The Balaban J connectivity index is 1.42. The molecule has 0 fully saturated rings. The van der Waals surface area contributed by atoms with Crippen LogP contribution < -0.4 is 16.2 Å². The van der Waals surface area contributed by atoms with Crippen molar-refractivity contribution in [3.05, 3.63) is 110 Å². The summed E-state index contributed by atoms with van der Waals surface area (Å²) in [5, 5.41) is 9.23. The van der Waals surface area contributed by atoms with E-state index < -0.39 is 11.4 Å². The molecule has 0 aliphatic carbocycles. The first-order valence-electron chi connectivity index (χ1n) is 13.4. The first kappa shape index (κ1) is 28.6. The molecule has 0 spiro atoms. The summed E-state index contributed by atoms with van der Waals surface area (Å²) in [5.41, 5.74) is 4.92. The molecule has 0 bridgehead atoms. The summed E-state index contributed by atoms with van der Waals surface area (Å²) in [7, 11) is 0. The number of benzene rings is 3. The first-order valence-corrected chi connectivity index (χ1v) is 13.4. The minimum Gasteiger partial charge on any atom is -0.489 e. The second-order valence-corrected chi connectivity index (χ2v) is 10.2. The van der Waals surface area contributed by atoms with Gasteiger partial charge in [0.05, 0.1) is 6.54 Å². The van der Waals surface area contributed by atoms with Crippen LogP contribution in [0.3, 0.4) is 0 Å². The van der Waals surface area contributed by atoms with Crippen LogP contribution in [-0.2, 0) is 13.2 Å². The maximum absolute atomic E-state index is 13.2. The summed E-state index contributed by atoms with van der Waals surface area (Å²) in [6, 6.07) is 21.1. The fourth-order valence-electron chi connectivity index (χ4n) is 4.55.